The third-order valence-electron chi connectivity index (χ3n) is 4.63. The number of ether oxygens (including phenoxy) is 2. The smallest absolute Gasteiger partial charge is 0.363 e. The second kappa shape index (κ2) is 10.6. The van der Waals surface area contributed by atoms with Gasteiger partial charge in [0.2, 0.25) is 5.90 Å². The Labute approximate surface area is 231 Å². The molecule has 0 unspecified atom stereocenters. The van der Waals surface area contributed by atoms with Crippen molar-refractivity contribution in [2.45, 2.75) is 6.61 Å². The Hall–Kier alpha value is -2.22. The summed E-state index contributed by atoms with van der Waals surface area (Å²) in [5, 5.41) is 11.6. The maximum absolute atomic E-state index is 12.4. The van der Waals surface area contributed by atoms with Gasteiger partial charge in [-0.2, -0.15) is 0 Å². The van der Waals surface area contributed by atoms with Crippen LogP contribution in [0.2, 0.25) is 10.0 Å². The number of nitrogens with zero attached hydrogens (tertiary/aromatic N) is 2. The van der Waals surface area contributed by atoms with Gasteiger partial charge in [-0.15, -0.1) is 0 Å². The second-order valence-corrected chi connectivity index (χ2v) is 10.2. The van der Waals surface area contributed by atoms with Gasteiger partial charge in [0.15, 0.2) is 5.70 Å². The predicted octanol–water partition coefficient (Wildman–Crippen LogP) is 7.03. The molecule has 3 aromatic rings. The van der Waals surface area contributed by atoms with E-state index < -0.39 is 10.9 Å². The van der Waals surface area contributed by atoms with Crippen LogP contribution in [0.1, 0.15) is 16.7 Å². The average molecular weight is 721 g/mol. The van der Waals surface area contributed by atoms with Crippen molar-refractivity contribution < 1.29 is 19.2 Å². The highest BCUT2D eigenvalue weighted by Gasteiger charge is 2.26. The minimum atomic E-state index is -0.641. The number of cyclic esters (lactones) is 1. The monoisotopic (exact) mass is 720 g/mol. The van der Waals surface area contributed by atoms with E-state index in [0.29, 0.717) is 17.2 Å². The number of halogens is 4. The molecule has 0 saturated heterocycles. The third-order valence-corrected chi connectivity index (χ3v) is 6.80. The van der Waals surface area contributed by atoms with Gasteiger partial charge in [-0.1, -0.05) is 35.3 Å². The van der Waals surface area contributed by atoms with Crippen LogP contribution in [-0.4, -0.2) is 16.8 Å². The quantitative estimate of drug-likeness (QED) is 0.0897. The summed E-state index contributed by atoms with van der Waals surface area (Å²) in [5.74, 6) is 0.0788. The Bertz CT molecular complexity index is 1350. The Balaban J connectivity index is 1.56. The van der Waals surface area contributed by atoms with Gasteiger partial charge in [-0.3, -0.25) is 10.1 Å². The molecule has 4 rings (SSSR count). The van der Waals surface area contributed by atoms with E-state index in [-0.39, 0.29) is 22.3 Å². The van der Waals surface area contributed by atoms with E-state index in [2.05, 4.69) is 50.2 Å². The molecular formula is C23H12Cl2I2N2O5. The molecule has 34 heavy (non-hydrogen) atoms. The first-order chi connectivity index (χ1) is 16.2. The van der Waals surface area contributed by atoms with Crippen molar-refractivity contribution in [2.24, 2.45) is 4.99 Å². The maximum Gasteiger partial charge on any atom is 0.363 e. The summed E-state index contributed by atoms with van der Waals surface area (Å²) in [4.78, 5) is 27.0. The Morgan fingerprint density at radius 1 is 1.06 bits per heavy atom. The molecule has 1 aliphatic heterocycles. The van der Waals surface area contributed by atoms with E-state index in [0.717, 1.165) is 24.0 Å². The molecule has 0 fully saturated rings. The van der Waals surface area contributed by atoms with Crippen LogP contribution in [0.25, 0.3) is 6.08 Å². The normalized spacial score (nSPS) is 14.2. The fourth-order valence-corrected chi connectivity index (χ4v) is 5.52. The number of carbonyl (C=O) groups is 1. The topological polar surface area (TPSA) is 91.0 Å². The van der Waals surface area contributed by atoms with Crippen molar-refractivity contribution in [3.8, 4) is 5.75 Å². The largest absolute Gasteiger partial charge is 0.487 e. The molecule has 7 nitrogen and oxygen atoms in total. The first-order valence-corrected chi connectivity index (χ1v) is 12.5. The Kier molecular flexibility index (Phi) is 7.75. The fourth-order valence-electron chi connectivity index (χ4n) is 3.01. The summed E-state index contributed by atoms with van der Waals surface area (Å²) >= 11 is 16.4. The molecule has 0 aromatic heterocycles. The number of benzene rings is 3. The highest BCUT2D eigenvalue weighted by Crippen LogP contribution is 2.32. The molecule has 3 aromatic carbocycles. The van der Waals surface area contributed by atoms with Gasteiger partial charge in [0, 0.05) is 17.2 Å². The Morgan fingerprint density at radius 3 is 2.35 bits per heavy atom. The van der Waals surface area contributed by atoms with Crippen molar-refractivity contribution >= 4 is 92.0 Å². The van der Waals surface area contributed by atoms with E-state index in [1.165, 1.54) is 18.2 Å². The maximum atomic E-state index is 12.4. The zero-order chi connectivity index (χ0) is 24.4. The van der Waals surface area contributed by atoms with E-state index >= 15 is 0 Å². The molecule has 0 bridgehead atoms. The van der Waals surface area contributed by atoms with Crippen LogP contribution >= 0.6 is 68.4 Å². The summed E-state index contributed by atoms with van der Waals surface area (Å²) in [5.41, 5.74) is 1.93. The van der Waals surface area contributed by atoms with Crippen LogP contribution in [0.5, 0.6) is 5.75 Å². The fraction of sp³-hybridized carbons (Fsp3) is 0.0435. The van der Waals surface area contributed by atoms with Gasteiger partial charge in [0.1, 0.15) is 12.4 Å². The number of rotatable bonds is 6. The lowest BCUT2D eigenvalue weighted by Crippen LogP contribution is -2.06. The highest BCUT2D eigenvalue weighted by atomic mass is 127. The summed E-state index contributed by atoms with van der Waals surface area (Å²) in [6.07, 6.45) is 1.60. The molecule has 1 aliphatic rings. The highest BCUT2D eigenvalue weighted by molar-refractivity contribution is 14.1. The van der Waals surface area contributed by atoms with Crippen LogP contribution in [0.3, 0.4) is 0 Å². The minimum Gasteiger partial charge on any atom is -0.487 e. The molecule has 0 N–H and O–H groups in total. The number of hydrogen-bond acceptors (Lipinski definition) is 6. The lowest BCUT2D eigenvalue weighted by molar-refractivity contribution is -0.384. The van der Waals surface area contributed by atoms with Crippen molar-refractivity contribution in [1.29, 1.82) is 0 Å². The van der Waals surface area contributed by atoms with Gasteiger partial charge in [-0.25, -0.2) is 9.79 Å². The lowest BCUT2D eigenvalue weighted by Gasteiger charge is -2.11. The minimum absolute atomic E-state index is 0.0107. The van der Waals surface area contributed by atoms with Crippen LogP contribution in [0.15, 0.2) is 65.3 Å². The number of carbonyl (C=O) groups excluding carboxylic acids is 1. The van der Waals surface area contributed by atoms with Crippen LogP contribution in [0.4, 0.5) is 5.69 Å². The second-order valence-electron chi connectivity index (χ2n) is 6.99. The summed E-state index contributed by atoms with van der Waals surface area (Å²) in [7, 11) is 0. The molecular weight excluding hydrogens is 709 g/mol. The van der Waals surface area contributed by atoms with Gasteiger partial charge >= 0.3 is 5.97 Å². The standard InChI is InChI=1S/C23H12Cl2I2N2O5/c24-14-3-1-12(2-4-14)11-33-21-18(26)7-13(8-19(21)27)9-20-23(30)34-22(28-20)16-6-5-15(29(31)32)10-17(16)25/h1-10H,11H2/b20-9-. The number of aliphatic imine (C=N–C) groups is 1. The van der Waals surface area contributed by atoms with Gasteiger partial charge < -0.3 is 9.47 Å². The number of nitro groups is 1. The number of non-ortho nitro benzene ring substituents is 1. The van der Waals surface area contributed by atoms with Gasteiger partial charge in [-0.05, 0) is 92.7 Å². The van der Waals surface area contributed by atoms with Crippen molar-refractivity contribution in [3.05, 3.63) is 104 Å². The van der Waals surface area contributed by atoms with Crippen molar-refractivity contribution in [2.75, 3.05) is 0 Å². The van der Waals surface area contributed by atoms with E-state index in [9.17, 15) is 14.9 Å². The molecule has 0 spiro atoms. The van der Waals surface area contributed by atoms with Crippen LogP contribution < -0.4 is 4.74 Å². The Morgan fingerprint density at radius 2 is 1.74 bits per heavy atom. The summed E-state index contributed by atoms with van der Waals surface area (Å²) in [6.45, 7) is 0.388. The zero-order valence-corrected chi connectivity index (χ0v) is 22.8. The molecule has 172 valence electrons. The first-order valence-electron chi connectivity index (χ1n) is 9.54. The van der Waals surface area contributed by atoms with Crippen molar-refractivity contribution in [1.82, 2.24) is 0 Å². The molecule has 0 amide bonds. The number of esters is 1. The molecule has 0 atom stereocenters. The molecule has 0 saturated carbocycles. The summed E-state index contributed by atoms with van der Waals surface area (Å²) < 4.78 is 13.0. The van der Waals surface area contributed by atoms with Crippen LogP contribution in [-0.2, 0) is 16.1 Å². The van der Waals surface area contributed by atoms with Gasteiger partial charge in [0.25, 0.3) is 5.69 Å². The van der Waals surface area contributed by atoms with Crippen LogP contribution in [0, 0.1) is 17.3 Å². The first kappa shape index (κ1) is 24.9. The average Bonchev–Trinajstić information content (AvgIpc) is 3.14. The molecule has 11 heteroatoms. The van der Waals surface area contributed by atoms with E-state index in [4.69, 9.17) is 32.7 Å². The lowest BCUT2D eigenvalue weighted by atomic mass is 10.2. The SMILES string of the molecule is O=C1OC(c2ccc([N+](=O)[O-])cc2Cl)=N/C1=C\c1cc(I)c(OCc2ccc(Cl)cc2)c(I)c1. The number of nitro benzene ring substituents is 1. The van der Waals surface area contributed by atoms with Crippen molar-refractivity contribution in [3.63, 3.8) is 0 Å². The van der Waals surface area contributed by atoms with E-state index in [1.54, 1.807) is 6.08 Å². The molecule has 1 heterocycles. The third kappa shape index (κ3) is 5.70. The van der Waals surface area contributed by atoms with E-state index in [1.807, 2.05) is 36.4 Å². The predicted molar refractivity (Wildman–Crippen MR) is 146 cm³/mol. The number of hydrogen-bond donors (Lipinski definition) is 0. The molecule has 0 radical (unpaired) electrons. The zero-order valence-electron chi connectivity index (χ0n) is 16.9. The molecule has 0 aliphatic carbocycles. The van der Waals surface area contributed by atoms with Gasteiger partial charge in [0.05, 0.1) is 22.6 Å². The summed E-state index contributed by atoms with van der Waals surface area (Å²) in [6, 6.07) is 15.0.